The van der Waals surface area contributed by atoms with Gasteiger partial charge in [0, 0.05) is 17.2 Å². The van der Waals surface area contributed by atoms with E-state index in [1.54, 1.807) is 49.4 Å². The first-order valence-electron chi connectivity index (χ1n) is 10.5. The Kier molecular flexibility index (Phi) is 6.25. The number of rotatable bonds is 6. The lowest BCUT2D eigenvalue weighted by atomic mass is 9.82. The summed E-state index contributed by atoms with van der Waals surface area (Å²) in [5.41, 5.74) is 8.38. The summed E-state index contributed by atoms with van der Waals surface area (Å²) in [5.74, 6) is -1.80. The third-order valence-electron chi connectivity index (χ3n) is 5.49. The monoisotopic (exact) mass is 491 g/mol. The van der Waals surface area contributed by atoms with Crippen LogP contribution in [0.1, 0.15) is 44.3 Å². The van der Waals surface area contributed by atoms with Gasteiger partial charge in [0.25, 0.3) is 16.0 Å². The van der Waals surface area contributed by atoms with Gasteiger partial charge < -0.3 is 5.73 Å². The first-order chi connectivity index (χ1) is 16.6. The maximum atomic E-state index is 13.6. The molecular formula is C25H21N3O6S. The zero-order valence-corrected chi connectivity index (χ0v) is 19.4. The van der Waals surface area contributed by atoms with Crippen LogP contribution in [0.2, 0.25) is 0 Å². The first kappa shape index (κ1) is 23.9. The third kappa shape index (κ3) is 4.44. The van der Waals surface area contributed by atoms with Crippen molar-refractivity contribution < 1.29 is 27.4 Å². The van der Waals surface area contributed by atoms with Crippen molar-refractivity contribution in [2.45, 2.75) is 18.4 Å². The number of hydrazine groups is 1. The van der Waals surface area contributed by atoms with E-state index in [9.17, 15) is 27.4 Å². The second-order valence-electron chi connectivity index (χ2n) is 7.78. The van der Waals surface area contributed by atoms with Gasteiger partial charge in [0.15, 0.2) is 11.6 Å². The molecule has 10 heteroatoms. The molecule has 1 amide bonds. The number of ketones is 2. The van der Waals surface area contributed by atoms with Crippen molar-refractivity contribution in [3.8, 4) is 0 Å². The highest BCUT2D eigenvalue weighted by atomic mass is 32.2. The lowest BCUT2D eigenvalue weighted by Gasteiger charge is -2.30. The lowest BCUT2D eigenvalue weighted by Crippen LogP contribution is -2.43. The zero-order valence-electron chi connectivity index (χ0n) is 18.6. The topological polar surface area (TPSA) is 147 Å². The van der Waals surface area contributed by atoms with Crippen LogP contribution in [-0.4, -0.2) is 30.4 Å². The van der Waals surface area contributed by atoms with Gasteiger partial charge in [-0.2, -0.15) is 8.42 Å². The number of nitrogens with one attached hydrogen (secondary N) is 1. The fourth-order valence-electron chi connectivity index (χ4n) is 3.97. The van der Waals surface area contributed by atoms with Crippen LogP contribution in [-0.2, 0) is 21.5 Å². The number of anilines is 2. The molecule has 9 nitrogen and oxygen atoms in total. The number of hydrogen-bond donors (Lipinski definition) is 3. The molecule has 0 heterocycles. The molecule has 0 saturated heterocycles. The smallest absolute Gasteiger partial charge is 0.296 e. The van der Waals surface area contributed by atoms with Crippen molar-refractivity contribution in [3.63, 3.8) is 0 Å². The molecule has 0 radical (unpaired) electrons. The van der Waals surface area contributed by atoms with Crippen molar-refractivity contribution in [2.75, 3.05) is 10.7 Å². The number of nitrogens with zero attached hydrogens (tertiary/aromatic N) is 1. The molecular weight excluding hydrogens is 470 g/mol. The summed E-state index contributed by atoms with van der Waals surface area (Å²) in [6.07, 6.45) is 2.75. The van der Waals surface area contributed by atoms with E-state index in [-0.39, 0.29) is 34.5 Å². The van der Waals surface area contributed by atoms with Crippen LogP contribution >= 0.6 is 0 Å². The molecule has 4 rings (SSSR count). The average Bonchev–Trinajstić information content (AvgIpc) is 2.82. The van der Waals surface area contributed by atoms with Gasteiger partial charge in [-0.3, -0.25) is 29.4 Å². The molecule has 178 valence electrons. The van der Waals surface area contributed by atoms with Crippen LogP contribution in [0.5, 0.6) is 0 Å². The number of carbonyl (C=O) groups is 3. The summed E-state index contributed by atoms with van der Waals surface area (Å²) in [6.45, 7) is 1.65. The highest BCUT2D eigenvalue weighted by Crippen LogP contribution is 2.40. The standard InChI is InChI=1S/C25H21N3O6S/c1-2-8-20(29)27-28(14-15-9-4-3-5-10-15)18-13-19(35(32,33)34)23(26)22-21(18)24(30)16-11-6-7-12-17(16)25(22)31/h2-13H,14,26H2,1H3,(H,27,29)(H,32,33,34). The molecule has 0 bridgehead atoms. The fraction of sp³-hybridized carbons (Fsp3) is 0.0800. The van der Waals surface area contributed by atoms with Crippen LogP contribution in [0.25, 0.3) is 0 Å². The van der Waals surface area contributed by atoms with Crippen LogP contribution in [0.15, 0.2) is 77.7 Å². The molecule has 3 aromatic rings. The molecule has 0 saturated carbocycles. The molecule has 1 aliphatic carbocycles. The van der Waals surface area contributed by atoms with E-state index in [1.807, 2.05) is 0 Å². The Morgan fingerprint density at radius 2 is 1.57 bits per heavy atom. The van der Waals surface area contributed by atoms with Crippen molar-refractivity contribution in [3.05, 3.63) is 101 Å². The Morgan fingerprint density at radius 3 is 2.14 bits per heavy atom. The average molecular weight is 492 g/mol. The normalized spacial score (nSPS) is 12.9. The van der Waals surface area contributed by atoms with Gasteiger partial charge in [0.1, 0.15) is 4.90 Å². The molecule has 0 atom stereocenters. The summed E-state index contributed by atoms with van der Waals surface area (Å²) in [5, 5.41) is 1.25. The number of amides is 1. The molecule has 4 N–H and O–H groups in total. The third-order valence-corrected chi connectivity index (χ3v) is 6.39. The minimum Gasteiger partial charge on any atom is -0.397 e. The Balaban J connectivity index is 2.02. The molecule has 0 spiro atoms. The molecule has 0 fully saturated rings. The summed E-state index contributed by atoms with van der Waals surface area (Å²) >= 11 is 0. The van der Waals surface area contributed by atoms with E-state index in [0.717, 1.165) is 6.07 Å². The van der Waals surface area contributed by atoms with Crippen molar-refractivity contribution in [1.82, 2.24) is 5.43 Å². The van der Waals surface area contributed by atoms with Gasteiger partial charge in [-0.15, -0.1) is 0 Å². The number of carbonyl (C=O) groups excluding carboxylic acids is 3. The van der Waals surface area contributed by atoms with Gasteiger partial charge in [0.2, 0.25) is 0 Å². The van der Waals surface area contributed by atoms with Crippen LogP contribution in [0.4, 0.5) is 11.4 Å². The van der Waals surface area contributed by atoms with Crippen molar-refractivity contribution in [2.24, 2.45) is 0 Å². The van der Waals surface area contributed by atoms with Gasteiger partial charge in [-0.05, 0) is 18.6 Å². The van der Waals surface area contributed by atoms with Gasteiger partial charge >= 0.3 is 0 Å². The first-order valence-corrected chi connectivity index (χ1v) is 11.9. The fourth-order valence-corrected chi connectivity index (χ4v) is 4.61. The van der Waals surface area contributed by atoms with E-state index in [2.05, 4.69) is 5.43 Å². The minimum absolute atomic E-state index is 0.00846. The van der Waals surface area contributed by atoms with E-state index < -0.39 is 38.2 Å². The number of fused-ring (bicyclic) bond motifs is 2. The highest BCUT2D eigenvalue weighted by molar-refractivity contribution is 7.86. The Morgan fingerprint density at radius 1 is 1.00 bits per heavy atom. The summed E-state index contributed by atoms with van der Waals surface area (Å²) in [7, 11) is -4.89. The second kappa shape index (κ2) is 9.16. The van der Waals surface area contributed by atoms with Gasteiger partial charge in [-0.25, -0.2) is 0 Å². The largest absolute Gasteiger partial charge is 0.397 e. The molecule has 0 aromatic heterocycles. The molecule has 3 aromatic carbocycles. The van der Waals surface area contributed by atoms with E-state index in [0.29, 0.717) is 5.56 Å². The van der Waals surface area contributed by atoms with Crippen LogP contribution < -0.4 is 16.2 Å². The molecule has 0 unspecified atom stereocenters. The van der Waals surface area contributed by atoms with E-state index >= 15 is 0 Å². The SMILES string of the molecule is CC=CC(=O)NN(Cc1ccccc1)c1cc(S(=O)(=O)O)c(N)c2c1C(=O)c1ccccc1C2=O. The number of nitrogen functional groups attached to an aromatic ring is 1. The summed E-state index contributed by atoms with van der Waals surface area (Å²) in [6, 6.07) is 16.0. The summed E-state index contributed by atoms with van der Waals surface area (Å²) < 4.78 is 34.2. The number of hydrogen-bond acceptors (Lipinski definition) is 7. The number of nitrogens with two attached hydrogens (primary N) is 1. The maximum absolute atomic E-state index is 13.6. The van der Waals surface area contributed by atoms with Crippen LogP contribution in [0, 0.1) is 0 Å². The van der Waals surface area contributed by atoms with E-state index in [1.165, 1.54) is 29.3 Å². The Hall–Kier alpha value is -4.28. The predicted octanol–water partition coefficient (Wildman–Crippen LogP) is 2.90. The maximum Gasteiger partial charge on any atom is 0.296 e. The van der Waals surface area contributed by atoms with Crippen molar-refractivity contribution in [1.29, 1.82) is 0 Å². The quantitative estimate of drug-likeness (QED) is 0.161. The zero-order chi connectivity index (χ0) is 25.3. The highest BCUT2D eigenvalue weighted by Gasteiger charge is 2.37. The van der Waals surface area contributed by atoms with Gasteiger partial charge in [-0.1, -0.05) is 60.7 Å². The molecule has 0 aliphatic heterocycles. The Bertz CT molecular complexity index is 1500. The molecule has 35 heavy (non-hydrogen) atoms. The summed E-state index contributed by atoms with van der Waals surface area (Å²) in [4.78, 5) is 38.7. The number of benzene rings is 3. The number of allylic oxidation sites excluding steroid dienone is 1. The minimum atomic E-state index is -4.89. The predicted molar refractivity (Wildman–Crippen MR) is 130 cm³/mol. The van der Waals surface area contributed by atoms with Crippen LogP contribution in [0.3, 0.4) is 0 Å². The van der Waals surface area contributed by atoms with Crippen molar-refractivity contribution >= 4 is 39.0 Å². The molecule has 1 aliphatic rings. The van der Waals surface area contributed by atoms with Gasteiger partial charge in [0.05, 0.1) is 29.0 Å². The lowest BCUT2D eigenvalue weighted by molar-refractivity contribution is -0.116. The second-order valence-corrected chi connectivity index (χ2v) is 9.17. The Labute approximate surface area is 201 Å². The van der Waals surface area contributed by atoms with E-state index in [4.69, 9.17) is 5.73 Å².